The Balaban J connectivity index is 5.56. The van der Waals surface area contributed by atoms with Gasteiger partial charge in [-0.25, -0.2) is 0 Å². The number of aliphatic hydroxyl groups is 1. The maximum Gasteiger partial charge on any atom is 0.302 e. The zero-order valence-corrected chi connectivity index (χ0v) is 15.9. The Morgan fingerprint density at radius 2 is 1.57 bits per heavy atom. The Morgan fingerprint density at radius 3 is 1.86 bits per heavy atom. The molecule has 0 aliphatic rings. The smallest absolute Gasteiger partial charge is 0.302 e. The second-order valence-corrected chi connectivity index (χ2v) is 12.4. The van der Waals surface area contributed by atoms with E-state index in [1.165, 1.54) is 6.92 Å². The van der Waals surface area contributed by atoms with Crippen LogP contribution in [-0.2, 0) is 9.53 Å². The van der Waals surface area contributed by atoms with Crippen molar-refractivity contribution in [2.75, 3.05) is 6.61 Å². The lowest BCUT2D eigenvalue weighted by Gasteiger charge is -2.38. The van der Waals surface area contributed by atoms with Crippen molar-refractivity contribution in [1.29, 1.82) is 0 Å². The van der Waals surface area contributed by atoms with Crippen molar-refractivity contribution in [3.63, 3.8) is 0 Å². The minimum absolute atomic E-state index is 0.0510. The van der Waals surface area contributed by atoms with Gasteiger partial charge in [0.1, 0.15) is 14.7 Å². The van der Waals surface area contributed by atoms with Crippen molar-refractivity contribution in [3.05, 3.63) is 0 Å². The summed E-state index contributed by atoms with van der Waals surface area (Å²) >= 11 is 0. The van der Waals surface area contributed by atoms with Crippen LogP contribution < -0.4 is 0 Å². The molecule has 4 heteroatoms. The molecule has 21 heavy (non-hydrogen) atoms. The molecule has 0 heterocycles. The van der Waals surface area contributed by atoms with E-state index in [-0.39, 0.29) is 12.6 Å². The van der Waals surface area contributed by atoms with Gasteiger partial charge in [-0.2, -0.15) is 0 Å². The van der Waals surface area contributed by atoms with Gasteiger partial charge in [0.2, 0.25) is 0 Å². The summed E-state index contributed by atoms with van der Waals surface area (Å²) < 4.78 is 4.97. The quantitative estimate of drug-likeness (QED) is 0.459. The summed E-state index contributed by atoms with van der Waals surface area (Å²) in [5.41, 5.74) is 3.80. The van der Waals surface area contributed by atoms with Crippen molar-refractivity contribution in [1.82, 2.24) is 0 Å². The number of rotatable bonds is 6. The first-order valence-corrected chi connectivity index (χ1v) is 10.1. The van der Waals surface area contributed by atoms with Crippen LogP contribution in [0.1, 0.15) is 61.8 Å². The molecule has 0 rings (SSSR count). The summed E-state index contributed by atoms with van der Waals surface area (Å²) in [7, 11) is -1.87. The summed E-state index contributed by atoms with van der Waals surface area (Å²) in [5.74, 6) is 2.69. The molecule has 0 aromatic rings. The summed E-state index contributed by atoms with van der Waals surface area (Å²) in [4.78, 5) is 11.0. The molecule has 0 aliphatic carbocycles. The lowest BCUT2D eigenvalue weighted by atomic mass is 10.0. The highest BCUT2D eigenvalue weighted by atomic mass is 28.3. The van der Waals surface area contributed by atoms with Gasteiger partial charge in [-0.1, -0.05) is 54.4 Å². The van der Waals surface area contributed by atoms with Crippen LogP contribution >= 0.6 is 0 Å². The van der Waals surface area contributed by atoms with Crippen LogP contribution in [0.2, 0.25) is 16.6 Å². The highest BCUT2D eigenvalue weighted by Crippen LogP contribution is 2.40. The standard InChI is InChI=1S/C17H32O3Si/c1-9-17(19,12-20-16(8)18)10-11-21(13(2)3,14(4)5)15(6)7/h13-15,19H,9,12H2,1-8H3. The summed E-state index contributed by atoms with van der Waals surface area (Å²) in [6.07, 6.45) is 0.450. The molecule has 0 saturated heterocycles. The molecule has 0 fully saturated rings. The average molecular weight is 313 g/mol. The zero-order valence-electron chi connectivity index (χ0n) is 14.9. The van der Waals surface area contributed by atoms with Gasteiger partial charge in [-0.3, -0.25) is 4.79 Å². The lowest BCUT2D eigenvalue weighted by molar-refractivity contribution is -0.146. The van der Waals surface area contributed by atoms with Crippen LogP contribution in [0.4, 0.5) is 0 Å². The van der Waals surface area contributed by atoms with E-state index in [4.69, 9.17) is 4.74 Å². The minimum Gasteiger partial charge on any atom is -0.462 e. The lowest BCUT2D eigenvalue weighted by Crippen LogP contribution is -2.44. The molecule has 0 saturated carbocycles. The molecule has 1 N–H and O–H groups in total. The maximum atomic E-state index is 11.0. The second-order valence-electron chi connectivity index (χ2n) is 6.81. The van der Waals surface area contributed by atoms with Crippen LogP contribution in [0.25, 0.3) is 0 Å². The molecule has 0 bridgehead atoms. The fourth-order valence-electron chi connectivity index (χ4n) is 3.11. The third-order valence-electron chi connectivity index (χ3n) is 4.48. The molecular weight excluding hydrogens is 280 g/mol. The van der Waals surface area contributed by atoms with E-state index in [9.17, 15) is 9.90 Å². The first kappa shape index (κ1) is 20.2. The number of hydrogen-bond donors (Lipinski definition) is 1. The van der Waals surface area contributed by atoms with E-state index in [1.54, 1.807) is 0 Å². The van der Waals surface area contributed by atoms with Gasteiger partial charge in [0.05, 0.1) is 0 Å². The van der Waals surface area contributed by atoms with Crippen LogP contribution in [0, 0.1) is 11.5 Å². The molecule has 0 spiro atoms. The van der Waals surface area contributed by atoms with Crippen molar-refractivity contribution < 1.29 is 14.6 Å². The average Bonchev–Trinajstić information content (AvgIpc) is 2.35. The molecule has 0 amide bonds. The third-order valence-corrected chi connectivity index (χ3v) is 10.8. The predicted molar refractivity (Wildman–Crippen MR) is 90.7 cm³/mol. The van der Waals surface area contributed by atoms with E-state index < -0.39 is 13.7 Å². The Bertz CT molecular complexity index is 382. The van der Waals surface area contributed by atoms with Gasteiger partial charge in [-0.05, 0) is 23.0 Å². The van der Waals surface area contributed by atoms with E-state index in [0.717, 1.165) is 0 Å². The second kappa shape index (κ2) is 8.00. The molecule has 3 nitrogen and oxygen atoms in total. The molecule has 0 radical (unpaired) electrons. The van der Waals surface area contributed by atoms with Gasteiger partial charge in [0.25, 0.3) is 0 Å². The predicted octanol–water partition coefficient (Wildman–Crippen LogP) is 3.91. The molecule has 0 aliphatic heterocycles. The first-order chi connectivity index (χ1) is 9.51. The molecule has 1 unspecified atom stereocenters. The summed E-state index contributed by atoms with van der Waals surface area (Å²) in [6, 6.07) is 0. The van der Waals surface area contributed by atoms with Crippen molar-refractivity contribution in [2.45, 2.75) is 84.0 Å². The van der Waals surface area contributed by atoms with Crippen molar-refractivity contribution in [3.8, 4) is 11.5 Å². The molecular formula is C17H32O3Si. The molecule has 122 valence electrons. The Kier molecular flexibility index (Phi) is 7.70. The van der Waals surface area contributed by atoms with Gasteiger partial charge < -0.3 is 9.84 Å². The first-order valence-electron chi connectivity index (χ1n) is 7.91. The van der Waals surface area contributed by atoms with Gasteiger partial charge in [0, 0.05) is 6.92 Å². The fraction of sp³-hybridized carbons (Fsp3) is 0.824. The highest BCUT2D eigenvalue weighted by molar-refractivity contribution is 6.90. The topological polar surface area (TPSA) is 46.5 Å². The maximum absolute atomic E-state index is 11.0. The normalized spacial score (nSPS) is 14.9. The van der Waals surface area contributed by atoms with Crippen LogP contribution in [0.5, 0.6) is 0 Å². The SMILES string of the molecule is CCC(O)(C#C[Si](C(C)C)(C(C)C)C(C)C)COC(C)=O. The van der Waals surface area contributed by atoms with E-state index in [0.29, 0.717) is 23.0 Å². The Morgan fingerprint density at radius 1 is 1.14 bits per heavy atom. The number of hydrogen-bond acceptors (Lipinski definition) is 3. The number of ether oxygens (including phenoxy) is 1. The van der Waals surface area contributed by atoms with Crippen molar-refractivity contribution >= 4 is 14.0 Å². The zero-order chi connectivity index (χ0) is 16.8. The number of esters is 1. The van der Waals surface area contributed by atoms with Gasteiger partial charge in [0.15, 0.2) is 5.60 Å². The van der Waals surface area contributed by atoms with Gasteiger partial charge in [-0.15, -0.1) is 5.54 Å². The Labute approximate surface area is 131 Å². The van der Waals surface area contributed by atoms with E-state index >= 15 is 0 Å². The third kappa shape index (κ3) is 5.16. The van der Waals surface area contributed by atoms with E-state index in [2.05, 4.69) is 53.0 Å². The highest BCUT2D eigenvalue weighted by Gasteiger charge is 2.42. The number of carbonyl (C=O) groups is 1. The van der Waals surface area contributed by atoms with Crippen LogP contribution in [0.15, 0.2) is 0 Å². The fourth-order valence-corrected chi connectivity index (χ4v) is 8.42. The van der Waals surface area contributed by atoms with Crippen LogP contribution in [0.3, 0.4) is 0 Å². The summed E-state index contributed by atoms with van der Waals surface area (Å²) in [5, 5.41) is 10.5. The van der Waals surface area contributed by atoms with Crippen LogP contribution in [-0.4, -0.2) is 31.4 Å². The van der Waals surface area contributed by atoms with Gasteiger partial charge >= 0.3 is 5.97 Å². The minimum atomic E-state index is -1.87. The molecule has 0 aromatic heterocycles. The summed E-state index contributed by atoms with van der Waals surface area (Å²) in [6.45, 7) is 16.6. The largest absolute Gasteiger partial charge is 0.462 e. The van der Waals surface area contributed by atoms with Crippen molar-refractivity contribution in [2.24, 2.45) is 0 Å². The van der Waals surface area contributed by atoms with E-state index in [1.807, 2.05) is 6.92 Å². The molecule has 1 atom stereocenters. The Hall–Kier alpha value is -0.793. The monoisotopic (exact) mass is 312 g/mol. The number of carbonyl (C=O) groups excluding carboxylic acids is 1. The molecule has 0 aromatic carbocycles.